The van der Waals surface area contributed by atoms with Gasteiger partial charge < -0.3 is 14.2 Å². The smallest absolute Gasteiger partial charge is 0.306 e. The lowest BCUT2D eigenvalue weighted by molar-refractivity contribution is -0.167. The highest BCUT2D eigenvalue weighted by atomic mass is 16.6. The van der Waals surface area contributed by atoms with E-state index in [1.54, 1.807) is 0 Å². The van der Waals surface area contributed by atoms with Gasteiger partial charge in [0.05, 0.1) is 0 Å². The highest BCUT2D eigenvalue weighted by Crippen LogP contribution is 2.17. The van der Waals surface area contributed by atoms with Gasteiger partial charge >= 0.3 is 17.9 Å². The Balaban J connectivity index is 4.23. The second-order valence-electron chi connectivity index (χ2n) is 22.3. The Morgan fingerprint density at radius 1 is 0.266 bits per heavy atom. The predicted molar refractivity (Wildman–Crippen MR) is 344 cm³/mol. The Kier molecular flexibility index (Phi) is 63.7. The quantitative estimate of drug-likeness (QED) is 0.0261. The van der Waals surface area contributed by atoms with Crippen molar-refractivity contribution < 1.29 is 28.6 Å². The van der Waals surface area contributed by atoms with E-state index < -0.39 is 6.10 Å². The van der Waals surface area contributed by atoms with Crippen LogP contribution in [0.5, 0.6) is 0 Å². The van der Waals surface area contributed by atoms with E-state index in [1.807, 2.05) is 0 Å². The third-order valence-electron chi connectivity index (χ3n) is 14.5. The van der Waals surface area contributed by atoms with Crippen LogP contribution >= 0.6 is 0 Å². The minimum atomic E-state index is -0.788. The number of unbranched alkanes of at least 4 members (excludes halogenated alkanes) is 34. The van der Waals surface area contributed by atoms with Gasteiger partial charge in [-0.25, -0.2) is 0 Å². The molecule has 0 spiro atoms. The minimum Gasteiger partial charge on any atom is -0.462 e. The molecule has 0 aromatic heterocycles. The maximum absolute atomic E-state index is 12.9. The van der Waals surface area contributed by atoms with Crippen LogP contribution in [0.15, 0.2) is 97.2 Å². The molecule has 0 bridgehead atoms. The third kappa shape index (κ3) is 65.0. The van der Waals surface area contributed by atoms with Crippen LogP contribution < -0.4 is 0 Å². The maximum Gasteiger partial charge on any atom is 0.306 e. The summed E-state index contributed by atoms with van der Waals surface area (Å²) in [4.78, 5) is 38.3. The summed E-state index contributed by atoms with van der Waals surface area (Å²) in [7, 11) is 0. The first-order valence-electron chi connectivity index (χ1n) is 33.7. The molecule has 0 aromatic carbocycles. The lowest BCUT2D eigenvalue weighted by Crippen LogP contribution is -2.30. The fraction of sp³-hybridized carbons (Fsp3) is 0.740. The number of rotatable bonds is 61. The molecular weight excluding hydrogens is 973 g/mol. The van der Waals surface area contributed by atoms with Crippen molar-refractivity contribution in [3.05, 3.63) is 97.2 Å². The van der Waals surface area contributed by atoms with Crippen LogP contribution in [-0.2, 0) is 28.6 Å². The Hall–Kier alpha value is -3.67. The number of esters is 3. The van der Waals surface area contributed by atoms with E-state index in [4.69, 9.17) is 14.2 Å². The number of carbonyl (C=O) groups excluding carboxylic acids is 3. The van der Waals surface area contributed by atoms with Gasteiger partial charge in [0.1, 0.15) is 13.2 Å². The summed E-state index contributed by atoms with van der Waals surface area (Å²) in [5.74, 6) is -0.893. The highest BCUT2D eigenvalue weighted by Gasteiger charge is 2.19. The van der Waals surface area contributed by atoms with Gasteiger partial charge in [0, 0.05) is 19.3 Å². The van der Waals surface area contributed by atoms with E-state index >= 15 is 0 Å². The van der Waals surface area contributed by atoms with Crippen molar-refractivity contribution in [1.82, 2.24) is 0 Å². The molecule has 0 fully saturated rings. The monoisotopic (exact) mass is 1100 g/mol. The van der Waals surface area contributed by atoms with Crippen molar-refractivity contribution in [2.24, 2.45) is 0 Å². The molecule has 0 radical (unpaired) electrons. The maximum atomic E-state index is 12.9. The molecule has 1 unspecified atom stereocenters. The van der Waals surface area contributed by atoms with Gasteiger partial charge in [0.15, 0.2) is 6.10 Å². The molecule has 0 N–H and O–H groups in total. The first kappa shape index (κ1) is 75.3. The minimum absolute atomic E-state index is 0.0830. The van der Waals surface area contributed by atoms with Crippen molar-refractivity contribution in [2.75, 3.05) is 13.2 Å². The summed E-state index contributed by atoms with van der Waals surface area (Å²) in [6, 6.07) is 0. The number of ether oxygens (including phenoxy) is 3. The first-order chi connectivity index (χ1) is 39.0. The Bertz CT molecular complexity index is 1540. The van der Waals surface area contributed by atoms with E-state index in [0.29, 0.717) is 19.3 Å². The summed E-state index contributed by atoms with van der Waals surface area (Å²) in [6.45, 7) is 6.50. The fourth-order valence-electron chi connectivity index (χ4n) is 9.48. The molecule has 0 saturated heterocycles. The molecule has 79 heavy (non-hydrogen) atoms. The zero-order chi connectivity index (χ0) is 57.1. The van der Waals surface area contributed by atoms with Crippen LogP contribution in [0.1, 0.15) is 329 Å². The van der Waals surface area contributed by atoms with Crippen molar-refractivity contribution in [3.63, 3.8) is 0 Å². The normalized spacial score (nSPS) is 12.7. The number of carbonyl (C=O) groups is 3. The standard InChI is InChI=1S/C73H126O6/c1-4-7-10-13-16-19-22-25-28-30-31-32-33-34-35-36-37-38-39-40-41-42-43-44-46-48-51-54-57-60-63-66-72(75)78-69-70(68-77-71(74)65-62-59-56-53-50-47-27-24-21-18-15-12-9-6-3)79-73(76)67-64-61-58-55-52-49-45-29-26-23-20-17-14-11-8-5-2/h7,10,15-16,18-19,24-25,27-29,31-32,34-35,45,70H,4-6,8-9,11-14,17,20-23,26,30,33,36-44,46-69H2,1-3H3/b10-7-,18-15-,19-16-,27-24-,28-25-,32-31-,35-34-,45-29-. The van der Waals surface area contributed by atoms with Crippen molar-refractivity contribution >= 4 is 17.9 Å². The van der Waals surface area contributed by atoms with Gasteiger partial charge in [-0.1, -0.05) is 291 Å². The van der Waals surface area contributed by atoms with Crippen molar-refractivity contribution in [2.45, 2.75) is 335 Å². The lowest BCUT2D eigenvalue weighted by Gasteiger charge is -2.18. The van der Waals surface area contributed by atoms with Gasteiger partial charge in [0.25, 0.3) is 0 Å². The molecule has 6 heteroatoms. The number of hydrogen-bond donors (Lipinski definition) is 0. The molecule has 0 aromatic rings. The Morgan fingerprint density at radius 2 is 0.506 bits per heavy atom. The molecule has 0 rings (SSSR count). The molecular formula is C73H126O6. The molecule has 0 aliphatic heterocycles. The van der Waals surface area contributed by atoms with Crippen LogP contribution in [0.4, 0.5) is 0 Å². The van der Waals surface area contributed by atoms with E-state index in [0.717, 1.165) is 122 Å². The van der Waals surface area contributed by atoms with Crippen LogP contribution in [-0.4, -0.2) is 37.2 Å². The summed E-state index contributed by atoms with van der Waals surface area (Å²) in [5.41, 5.74) is 0. The van der Waals surface area contributed by atoms with E-state index in [1.165, 1.54) is 167 Å². The molecule has 0 heterocycles. The van der Waals surface area contributed by atoms with E-state index in [2.05, 4.69) is 118 Å². The molecule has 0 amide bonds. The largest absolute Gasteiger partial charge is 0.462 e. The topological polar surface area (TPSA) is 78.9 Å². The fourth-order valence-corrected chi connectivity index (χ4v) is 9.48. The molecule has 0 saturated carbocycles. The molecule has 0 aliphatic rings. The second-order valence-corrected chi connectivity index (χ2v) is 22.3. The van der Waals surface area contributed by atoms with Crippen LogP contribution in [0.3, 0.4) is 0 Å². The van der Waals surface area contributed by atoms with Crippen molar-refractivity contribution in [3.8, 4) is 0 Å². The number of hydrogen-bond acceptors (Lipinski definition) is 6. The molecule has 0 aliphatic carbocycles. The van der Waals surface area contributed by atoms with Gasteiger partial charge in [0.2, 0.25) is 0 Å². The average Bonchev–Trinajstić information content (AvgIpc) is 3.45. The molecule has 1 atom stereocenters. The SMILES string of the molecule is CC/C=C\C/C=C\C/C=C\C/C=C\C/C=C\CCCCCCCCCCCCCCCCCC(=O)OCC(COC(=O)CCCCCCC/C=C\C/C=C\CCCC)OC(=O)CCCCCCC/C=C\CCCCCCCCC. The van der Waals surface area contributed by atoms with Crippen LogP contribution in [0, 0.1) is 0 Å². The zero-order valence-electron chi connectivity index (χ0n) is 52.1. The van der Waals surface area contributed by atoms with Crippen LogP contribution in [0.25, 0.3) is 0 Å². The Labute approximate surface area is 489 Å². The first-order valence-corrected chi connectivity index (χ1v) is 33.7. The summed E-state index contributed by atoms with van der Waals surface area (Å²) in [5, 5.41) is 0. The van der Waals surface area contributed by atoms with E-state index in [9.17, 15) is 14.4 Å². The number of allylic oxidation sites excluding steroid dienone is 16. The lowest BCUT2D eigenvalue weighted by atomic mass is 10.0. The summed E-state index contributed by atoms with van der Waals surface area (Å²) in [6.07, 6.45) is 90.0. The van der Waals surface area contributed by atoms with E-state index in [-0.39, 0.29) is 31.1 Å². The van der Waals surface area contributed by atoms with Crippen LogP contribution in [0.2, 0.25) is 0 Å². The van der Waals surface area contributed by atoms with Gasteiger partial charge in [-0.2, -0.15) is 0 Å². The third-order valence-corrected chi connectivity index (χ3v) is 14.5. The van der Waals surface area contributed by atoms with Gasteiger partial charge in [-0.15, -0.1) is 0 Å². The van der Waals surface area contributed by atoms with Crippen molar-refractivity contribution in [1.29, 1.82) is 0 Å². The molecule has 454 valence electrons. The average molecular weight is 1100 g/mol. The van der Waals surface area contributed by atoms with Gasteiger partial charge in [-0.3, -0.25) is 14.4 Å². The highest BCUT2D eigenvalue weighted by molar-refractivity contribution is 5.71. The summed E-state index contributed by atoms with van der Waals surface area (Å²) < 4.78 is 16.9. The second kappa shape index (κ2) is 66.8. The van der Waals surface area contributed by atoms with Gasteiger partial charge in [-0.05, 0) is 116 Å². The predicted octanol–water partition coefficient (Wildman–Crippen LogP) is 23.2. The Morgan fingerprint density at radius 3 is 0.823 bits per heavy atom. The summed E-state index contributed by atoms with van der Waals surface area (Å²) >= 11 is 0. The molecule has 6 nitrogen and oxygen atoms in total. The zero-order valence-corrected chi connectivity index (χ0v) is 52.1.